The molecular weight excluding hydrogens is 456 g/mol. The Morgan fingerprint density at radius 1 is 0.944 bits per heavy atom. The molecule has 1 atom stereocenters. The maximum absolute atomic E-state index is 13.4. The van der Waals surface area contributed by atoms with Gasteiger partial charge < -0.3 is 23.8 Å². The molecular formula is C29H30N2O5. The van der Waals surface area contributed by atoms with Gasteiger partial charge in [-0.2, -0.15) is 5.26 Å². The minimum Gasteiger partial charge on any atom is -0.493 e. The highest BCUT2D eigenvalue weighted by molar-refractivity contribution is 5.78. The van der Waals surface area contributed by atoms with E-state index in [0.29, 0.717) is 54.6 Å². The van der Waals surface area contributed by atoms with Gasteiger partial charge in [0.1, 0.15) is 0 Å². The van der Waals surface area contributed by atoms with E-state index in [4.69, 9.17) is 24.2 Å². The summed E-state index contributed by atoms with van der Waals surface area (Å²) >= 11 is 0. The smallest absolute Gasteiger partial charge is 0.223 e. The maximum atomic E-state index is 13.4. The van der Waals surface area contributed by atoms with E-state index in [0.717, 1.165) is 23.1 Å². The van der Waals surface area contributed by atoms with Gasteiger partial charge in [0.05, 0.1) is 45.6 Å². The average molecular weight is 487 g/mol. The van der Waals surface area contributed by atoms with E-state index in [9.17, 15) is 4.79 Å². The number of rotatable bonds is 9. The van der Waals surface area contributed by atoms with Crippen molar-refractivity contribution in [1.29, 1.82) is 5.26 Å². The Morgan fingerprint density at radius 2 is 1.64 bits per heavy atom. The molecule has 0 bridgehead atoms. The van der Waals surface area contributed by atoms with Crippen molar-refractivity contribution in [3.63, 3.8) is 0 Å². The van der Waals surface area contributed by atoms with Crippen molar-refractivity contribution in [2.45, 2.75) is 25.3 Å². The molecule has 0 saturated carbocycles. The largest absolute Gasteiger partial charge is 0.493 e. The molecule has 0 radical (unpaired) electrons. The third-order valence-corrected chi connectivity index (χ3v) is 6.39. The van der Waals surface area contributed by atoms with Gasteiger partial charge >= 0.3 is 0 Å². The number of nitriles is 1. The molecule has 1 unspecified atom stereocenters. The summed E-state index contributed by atoms with van der Waals surface area (Å²) in [7, 11) is 4.79. The second-order valence-corrected chi connectivity index (χ2v) is 8.49. The first-order valence-electron chi connectivity index (χ1n) is 11.9. The summed E-state index contributed by atoms with van der Waals surface area (Å²) in [6.07, 6.45) is 1.65. The molecule has 1 aliphatic heterocycles. The highest BCUT2D eigenvalue weighted by Crippen LogP contribution is 2.41. The first kappa shape index (κ1) is 24.9. The summed E-state index contributed by atoms with van der Waals surface area (Å²) in [5, 5.41) is 9.07. The van der Waals surface area contributed by atoms with Crippen LogP contribution in [0.2, 0.25) is 0 Å². The molecule has 0 saturated heterocycles. The first-order valence-corrected chi connectivity index (χ1v) is 11.9. The van der Waals surface area contributed by atoms with E-state index in [2.05, 4.69) is 18.2 Å². The Kier molecular flexibility index (Phi) is 7.96. The molecule has 7 nitrogen and oxygen atoms in total. The standard InChI is InChI=1S/C29H30N2O5/c1-33-25-16-20(19-30)11-12-24(25)36-15-7-10-28(32)31-14-13-22-17-26(34-2)27(35-3)18-23(22)29(31)21-8-5-4-6-9-21/h4-6,8-9,11-12,16-18,29H,7,10,13-15H2,1-3H3. The molecule has 1 aliphatic rings. The van der Waals surface area contributed by atoms with Crippen molar-refractivity contribution in [2.24, 2.45) is 0 Å². The van der Waals surface area contributed by atoms with Gasteiger partial charge in [-0.15, -0.1) is 0 Å². The predicted molar refractivity (Wildman–Crippen MR) is 136 cm³/mol. The van der Waals surface area contributed by atoms with Gasteiger partial charge in [0, 0.05) is 19.0 Å². The number of fused-ring (bicyclic) bond motifs is 1. The maximum Gasteiger partial charge on any atom is 0.223 e. The molecule has 7 heteroatoms. The molecule has 1 heterocycles. The number of amides is 1. The van der Waals surface area contributed by atoms with Gasteiger partial charge in [0.15, 0.2) is 23.0 Å². The van der Waals surface area contributed by atoms with Gasteiger partial charge in [-0.05, 0) is 53.8 Å². The average Bonchev–Trinajstić information content (AvgIpc) is 2.94. The number of nitrogens with zero attached hydrogens (tertiary/aromatic N) is 2. The van der Waals surface area contributed by atoms with E-state index < -0.39 is 0 Å². The third-order valence-electron chi connectivity index (χ3n) is 6.39. The molecule has 0 N–H and O–H groups in total. The molecule has 0 fully saturated rings. The molecule has 186 valence electrons. The normalized spacial score (nSPS) is 14.4. The van der Waals surface area contributed by atoms with Crippen LogP contribution >= 0.6 is 0 Å². The van der Waals surface area contributed by atoms with Crippen LogP contribution in [0.1, 0.15) is 41.1 Å². The van der Waals surface area contributed by atoms with Crippen LogP contribution in [-0.4, -0.2) is 45.3 Å². The second kappa shape index (κ2) is 11.5. The number of hydrogen-bond donors (Lipinski definition) is 0. The quantitative estimate of drug-likeness (QED) is 0.400. The number of methoxy groups -OCH3 is 3. The monoisotopic (exact) mass is 486 g/mol. The Morgan fingerprint density at radius 3 is 2.33 bits per heavy atom. The third kappa shape index (κ3) is 5.23. The van der Waals surface area contributed by atoms with E-state index in [1.807, 2.05) is 35.2 Å². The van der Waals surface area contributed by atoms with Crippen molar-refractivity contribution in [3.8, 4) is 29.1 Å². The van der Waals surface area contributed by atoms with Gasteiger partial charge in [-0.3, -0.25) is 4.79 Å². The number of carbonyl (C=O) groups excluding carboxylic acids is 1. The molecule has 0 aliphatic carbocycles. The van der Waals surface area contributed by atoms with Crippen LogP contribution in [0.25, 0.3) is 0 Å². The Bertz CT molecular complexity index is 1250. The topological polar surface area (TPSA) is 81.0 Å². The number of ether oxygens (including phenoxy) is 4. The molecule has 3 aromatic rings. The Labute approximate surface area is 211 Å². The zero-order valence-corrected chi connectivity index (χ0v) is 20.8. The lowest BCUT2D eigenvalue weighted by atomic mass is 9.87. The van der Waals surface area contributed by atoms with Gasteiger partial charge in [-0.1, -0.05) is 30.3 Å². The first-order chi connectivity index (χ1) is 17.6. The Balaban J connectivity index is 1.50. The zero-order valence-electron chi connectivity index (χ0n) is 20.8. The molecule has 0 spiro atoms. The highest BCUT2D eigenvalue weighted by Gasteiger charge is 2.33. The second-order valence-electron chi connectivity index (χ2n) is 8.49. The van der Waals surface area contributed by atoms with Crippen molar-refractivity contribution >= 4 is 5.91 Å². The lowest BCUT2D eigenvalue weighted by Gasteiger charge is -2.38. The van der Waals surface area contributed by atoms with Crippen LogP contribution in [0.5, 0.6) is 23.0 Å². The van der Waals surface area contributed by atoms with Crippen LogP contribution in [0.3, 0.4) is 0 Å². The van der Waals surface area contributed by atoms with Crippen LogP contribution < -0.4 is 18.9 Å². The molecule has 3 aromatic carbocycles. The van der Waals surface area contributed by atoms with Crippen molar-refractivity contribution < 1.29 is 23.7 Å². The molecule has 4 rings (SSSR count). The van der Waals surface area contributed by atoms with Crippen molar-refractivity contribution in [1.82, 2.24) is 4.90 Å². The van der Waals surface area contributed by atoms with E-state index >= 15 is 0 Å². The summed E-state index contributed by atoms with van der Waals surface area (Å²) in [6.45, 7) is 0.977. The summed E-state index contributed by atoms with van der Waals surface area (Å²) in [4.78, 5) is 15.4. The van der Waals surface area contributed by atoms with Gasteiger partial charge in [-0.25, -0.2) is 0 Å². The van der Waals surface area contributed by atoms with Crippen molar-refractivity contribution in [3.05, 3.63) is 82.9 Å². The minimum atomic E-state index is -0.207. The summed E-state index contributed by atoms with van der Waals surface area (Å²) in [5.74, 6) is 2.47. The number of carbonyl (C=O) groups is 1. The van der Waals surface area contributed by atoms with Crippen LogP contribution in [0.15, 0.2) is 60.7 Å². The van der Waals surface area contributed by atoms with E-state index in [1.165, 1.54) is 7.11 Å². The van der Waals surface area contributed by atoms with E-state index in [-0.39, 0.29) is 11.9 Å². The van der Waals surface area contributed by atoms with E-state index in [1.54, 1.807) is 32.4 Å². The fourth-order valence-electron chi connectivity index (χ4n) is 4.61. The van der Waals surface area contributed by atoms with Gasteiger partial charge in [0.25, 0.3) is 0 Å². The van der Waals surface area contributed by atoms with Crippen molar-refractivity contribution in [2.75, 3.05) is 34.5 Å². The van der Waals surface area contributed by atoms with Crippen LogP contribution in [0.4, 0.5) is 0 Å². The lowest BCUT2D eigenvalue weighted by molar-refractivity contribution is -0.133. The fourth-order valence-corrected chi connectivity index (χ4v) is 4.61. The predicted octanol–water partition coefficient (Wildman–Crippen LogP) is 4.92. The number of benzene rings is 3. The highest BCUT2D eigenvalue weighted by atomic mass is 16.5. The summed E-state index contributed by atoms with van der Waals surface area (Å²) in [5.41, 5.74) is 3.76. The minimum absolute atomic E-state index is 0.0691. The number of hydrogen-bond acceptors (Lipinski definition) is 6. The van der Waals surface area contributed by atoms with Crippen LogP contribution in [0, 0.1) is 11.3 Å². The Hall–Kier alpha value is -4.18. The molecule has 36 heavy (non-hydrogen) atoms. The molecule has 1 amide bonds. The lowest BCUT2D eigenvalue weighted by Crippen LogP contribution is -2.40. The molecule has 0 aromatic heterocycles. The summed E-state index contributed by atoms with van der Waals surface area (Å²) < 4.78 is 22.2. The SMILES string of the molecule is COc1cc2c(cc1OC)C(c1ccccc1)N(C(=O)CCCOc1ccc(C#N)cc1OC)CC2. The summed E-state index contributed by atoms with van der Waals surface area (Å²) in [6, 6.07) is 21.0. The van der Waals surface area contributed by atoms with Gasteiger partial charge in [0.2, 0.25) is 5.91 Å². The fraction of sp³-hybridized carbons (Fsp3) is 0.310. The van der Waals surface area contributed by atoms with Crippen LogP contribution in [-0.2, 0) is 11.2 Å². The zero-order chi connectivity index (χ0) is 25.5.